The molecule has 1 fully saturated rings. The van der Waals surface area contributed by atoms with Crippen molar-refractivity contribution in [1.29, 1.82) is 0 Å². The average Bonchev–Trinajstić information content (AvgIpc) is 3.11. The number of aromatic nitrogens is 2. The maximum atomic E-state index is 12.5. The van der Waals surface area contributed by atoms with Crippen LogP contribution in [0.15, 0.2) is 6.07 Å². The molecular formula is C13H14Cl2N4OS. The van der Waals surface area contributed by atoms with Crippen molar-refractivity contribution in [1.82, 2.24) is 8.75 Å². The second kappa shape index (κ2) is 6.04. The van der Waals surface area contributed by atoms with E-state index in [1.165, 1.54) is 0 Å². The largest absolute Gasteiger partial charge is 0.330 e. The van der Waals surface area contributed by atoms with Gasteiger partial charge in [0.2, 0.25) is 5.91 Å². The van der Waals surface area contributed by atoms with Crippen LogP contribution in [0.3, 0.4) is 0 Å². The molecule has 2 atom stereocenters. The summed E-state index contributed by atoms with van der Waals surface area (Å²) in [6, 6.07) is 1.58. The van der Waals surface area contributed by atoms with E-state index >= 15 is 0 Å². The number of anilines is 1. The molecule has 1 aliphatic carbocycles. The van der Waals surface area contributed by atoms with Gasteiger partial charge in [-0.3, -0.25) is 4.79 Å². The molecular weight excluding hydrogens is 331 g/mol. The molecule has 1 aliphatic rings. The first-order valence-electron chi connectivity index (χ1n) is 6.73. The van der Waals surface area contributed by atoms with Gasteiger partial charge in [-0.05, 0) is 31.4 Å². The highest BCUT2D eigenvalue weighted by Crippen LogP contribution is 2.37. The third kappa shape index (κ3) is 2.73. The Morgan fingerprint density at radius 3 is 2.86 bits per heavy atom. The molecule has 0 spiro atoms. The van der Waals surface area contributed by atoms with Crippen molar-refractivity contribution in [2.75, 3.05) is 11.9 Å². The summed E-state index contributed by atoms with van der Waals surface area (Å²) in [5.41, 5.74) is 7.31. The summed E-state index contributed by atoms with van der Waals surface area (Å²) in [5.74, 6) is 0.116. The molecule has 2 unspecified atom stereocenters. The van der Waals surface area contributed by atoms with E-state index in [0.29, 0.717) is 33.3 Å². The number of nitrogens with zero attached hydrogens (tertiary/aromatic N) is 2. The lowest BCUT2D eigenvalue weighted by atomic mass is 9.95. The lowest BCUT2D eigenvalue weighted by Gasteiger charge is -2.18. The summed E-state index contributed by atoms with van der Waals surface area (Å²) in [6.45, 7) is 0.528. The van der Waals surface area contributed by atoms with Gasteiger partial charge >= 0.3 is 0 Å². The predicted molar refractivity (Wildman–Crippen MR) is 86.0 cm³/mol. The zero-order valence-corrected chi connectivity index (χ0v) is 13.4. The van der Waals surface area contributed by atoms with Gasteiger partial charge in [-0.25, -0.2) is 0 Å². The van der Waals surface area contributed by atoms with Crippen LogP contribution in [0.2, 0.25) is 10.0 Å². The molecule has 3 N–H and O–H groups in total. The van der Waals surface area contributed by atoms with Crippen molar-refractivity contribution in [3.05, 3.63) is 16.1 Å². The standard InChI is InChI=1S/C13H14Cl2N4OS/c14-8-4-9(15)11-12(19-21-18-11)10(8)17-13(20)7-3-1-2-6(7)5-16/h4,6-7H,1-3,5,16H2,(H,17,20). The van der Waals surface area contributed by atoms with Crippen LogP contribution in [0.1, 0.15) is 19.3 Å². The van der Waals surface area contributed by atoms with Crippen LogP contribution in [0, 0.1) is 11.8 Å². The number of nitrogens with one attached hydrogen (secondary N) is 1. The number of rotatable bonds is 3. The first kappa shape index (κ1) is 15.0. The van der Waals surface area contributed by atoms with E-state index < -0.39 is 0 Å². The first-order chi connectivity index (χ1) is 10.1. The molecule has 112 valence electrons. The predicted octanol–water partition coefficient (Wildman–Crippen LogP) is 3.31. The fraction of sp³-hybridized carbons (Fsp3) is 0.462. The molecule has 1 aromatic heterocycles. The number of carbonyl (C=O) groups is 1. The van der Waals surface area contributed by atoms with Crippen molar-refractivity contribution in [3.8, 4) is 0 Å². The molecule has 1 saturated carbocycles. The number of benzene rings is 1. The lowest BCUT2D eigenvalue weighted by molar-refractivity contribution is -0.120. The van der Waals surface area contributed by atoms with Gasteiger partial charge in [0.05, 0.1) is 27.5 Å². The van der Waals surface area contributed by atoms with Gasteiger partial charge in [-0.15, -0.1) is 0 Å². The van der Waals surface area contributed by atoms with E-state index in [1.807, 2.05) is 0 Å². The van der Waals surface area contributed by atoms with Crippen LogP contribution in [-0.2, 0) is 4.79 Å². The van der Waals surface area contributed by atoms with Gasteiger partial charge in [-0.2, -0.15) is 8.75 Å². The van der Waals surface area contributed by atoms with Gasteiger partial charge < -0.3 is 11.1 Å². The molecule has 0 bridgehead atoms. The molecule has 21 heavy (non-hydrogen) atoms. The molecule has 5 nitrogen and oxygen atoms in total. The number of nitrogens with two attached hydrogens (primary N) is 1. The van der Waals surface area contributed by atoms with Gasteiger partial charge in [0.1, 0.15) is 11.0 Å². The minimum atomic E-state index is -0.0663. The third-order valence-electron chi connectivity index (χ3n) is 3.99. The molecule has 1 heterocycles. The Labute approximate surface area is 136 Å². The number of halogens is 2. The quantitative estimate of drug-likeness (QED) is 0.894. The van der Waals surface area contributed by atoms with Crippen LogP contribution in [0.5, 0.6) is 0 Å². The first-order valence-corrected chi connectivity index (χ1v) is 8.21. The molecule has 2 aromatic rings. The maximum absolute atomic E-state index is 12.5. The Morgan fingerprint density at radius 2 is 2.10 bits per heavy atom. The smallest absolute Gasteiger partial charge is 0.227 e. The molecule has 0 saturated heterocycles. The van der Waals surface area contributed by atoms with Crippen molar-refractivity contribution in [3.63, 3.8) is 0 Å². The zero-order valence-electron chi connectivity index (χ0n) is 11.1. The molecule has 8 heteroatoms. The maximum Gasteiger partial charge on any atom is 0.227 e. The lowest BCUT2D eigenvalue weighted by Crippen LogP contribution is -2.29. The number of hydrogen-bond donors (Lipinski definition) is 2. The summed E-state index contributed by atoms with van der Waals surface area (Å²) in [6.07, 6.45) is 2.88. The van der Waals surface area contributed by atoms with Crippen LogP contribution in [0.4, 0.5) is 5.69 Å². The van der Waals surface area contributed by atoms with Crippen molar-refractivity contribution in [2.24, 2.45) is 17.6 Å². The Hall–Kier alpha value is -0.950. The third-order valence-corrected chi connectivity index (χ3v) is 5.11. The molecule has 1 aromatic carbocycles. The number of fused-ring (bicyclic) bond motifs is 1. The molecule has 3 rings (SSSR count). The van der Waals surface area contributed by atoms with Crippen LogP contribution >= 0.6 is 34.9 Å². The number of carbonyl (C=O) groups excluding carboxylic acids is 1. The van der Waals surface area contributed by atoms with Gasteiger partial charge in [0.15, 0.2) is 0 Å². The van der Waals surface area contributed by atoms with Crippen molar-refractivity contribution >= 4 is 57.6 Å². The average molecular weight is 345 g/mol. The van der Waals surface area contributed by atoms with Crippen LogP contribution in [0.25, 0.3) is 11.0 Å². The molecule has 1 amide bonds. The monoisotopic (exact) mass is 344 g/mol. The summed E-state index contributed by atoms with van der Waals surface area (Å²) >= 11 is 13.3. The van der Waals surface area contributed by atoms with E-state index in [0.717, 1.165) is 31.0 Å². The summed E-state index contributed by atoms with van der Waals surface area (Å²) in [4.78, 5) is 12.5. The zero-order chi connectivity index (χ0) is 15.0. The van der Waals surface area contributed by atoms with Crippen molar-refractivity contribution in [2.45, 2.75) is 19.3 Å². The minimum absolute atomic E-state index is 0.0542. The normalized spacial score (nSPS) is 21.9. The minimum Gasteiger partial charge on any atom is -0.330 e. The van der Waals surface area contributed by atoms with Gasteiger partial charge in [-0.1, -0.05) is 29.6 Å². The summed E-state index contributed by atoms with van der Waals surface area (Å²) < 4.78 is 8.31. The van der Waals surface area contributed by atoms with E-state index in [9.17, 15) is 4.79 Å². The second-order valence-electron chi connectivity index (χ2n) is 5.20. The second-order valence-corrected chi connectivity index (χ2v) is 6.54. The molecule has 0 aliphatic heterocycles. The van der Waals surface area contributed by atoms with E-state index in [-0.39, 0.29) is 17.7 Å². The highest BCUT2D eigenvalue weighted by molar-refractivity contribution is 7.00. The summed E-state index contributed by atoms with van der Waals surface area (Å²) in [5, 5.41) is 3.70. The fourth-order valence-corrected chi connectivity index (χ4v) is 4.03. The Balaban J connectivity index is 1.91. The Bertz CT molecular complexity index is 690. The van der Waals surface area contributed by atoms with Crippen LogP contribution < -0.4 is 11.1 Å². The molecule has 0 radical (unpaired) electrons. The van der Waals surface area contributed by atoms with Crippen LogP contribution in [-0.4, -0.2) is 21.2 Å². The van der Waals surface area contributed by atoms with E-state index in [1.54, 1.807) is 6.07 Å². The topological polar surface area (TPSA) is 80.9 Å². The highest BCUT2D eigenvalue weighted by Gasteiger charge is 2.32. The highest BCUT2D eigenvalue weighted by atomic mass is 35.5. The SMILES string of the molecule is NCC1CCCC1C(=O)Nc1c(Cl)cc(Cl)c2nsnc12. The Morgan fingerprint density at radius 1 is 1.33 bits per heavy atom. The Kier molecular flexibility index (Phi) is 4.31. The van der Waals surface area contributed by atoms with Gasteiger partial charge in [0, 0.05) is 5.92 Å². The van der Waals surface area contributed by atoms with Gasteiger partial charge in [0.25, 0.3) is 0 Å². The fourth-order valence-electron chi connectivity index (χ4n) is 2.87. The number of amides is 1. The summed E-state index contributed by atoms with van der Waals surface area (Å²) in [7, 11) is 0. The van der Waals surface area contributed by atoms with E-state index in [4.69, 9.17) is 28.9 Å². The number of hydrogen-bond acceptors (Lipinski definition) is 5. The van der Waals surface area contributed by atoms with Crippen molar-refractivity contribution < 1.29 is 4.79 Å². The van der Waals surface area contributed by atoms with E-state index in [2.05, 4.69) is 14.1 Å².